The van der Waals surface area contributed by atoms with E-state index in [1.165, 1.54) is 0 Å². The van der Waals surface area contributed by atoms with Gasteiger partial charge in [-0.2, -0.15) is 0 Å². The van der Waals surface area contributed by atoms with E-state index >= 15 is 0 Å². The summed E-state index contributed by atoms with van der Waals surface area (Å²) >= 11 is 0. The second-order valence-corrected chi connectivity index (χ2v) is 4.89. The molecule has 1 rings (SSSR count). The molecule has 0 aliphatic heterocycles. The van der Waals surface area contributed by atoms with Gasteiger partial charge in [-0.1, -0.05) is 13.8 Å². The number of rotatable bonds is 7. The average Bonchev–Trinajstić information content (AvgIpc) is 2.76. The van der Waals surface area contributed by atoms with Crippen molar-refractivity contribution in [2.45, 2.75) is 40.3 Å². The Kier molecular flexibility index (Phi) is 5.85. The van der Waals surface area contributed by atoms with Crippen LogP contribution in [0.3, 0.4) is 0 Å². The summed E-state index contributed by atoms with van der Waals surface area (Å²) in [6, 6.07) is -0.219. The second kappa shape index (κ2) is 7.16. The molecule has 1 amide bonds. The van der Waals surface area contributed by atoms with E-state index in [-0.39, 0.29) is 11.9 Å². The molecule has 5 heteroatoms. The summed E-state index contributed by atoms with van der Waals surface area (Å²) in [7, 11) is 0. The summed E-state index contributed by atoms with van der Waals surface area (Å²) in [6.45, 7) is 10.5. The Bertz CT molecular complexity index is 373. The van der Waals surface area contributed by atoms with Crippen molar-refractivity contribution in [2.75, 3.05) is 13.1 Å². The lowest BCUT2D eigenvalue weighted by Crippen LogP contribution is -2.32. The van der Waals surface area contributed by atoms with E-state index in [1.807, 2.05) is 24.6 Å². The predicted octanol–water partition coefficient (Wildman–Crippen LogP) is 1.33. The van der Waals surface area contributed by atoms with Crippen molar-refractivity contribution in [2.24, 2.45) is 5.92 Å². The van der Waals surface area contributed by atoms with Crippen LogP contribution in [0.1, 0.15) is 39.4 Å². The van der Waals surface area contributed by atoms with Gasteiger partial charge in [0.2, 0.25) is 5.91 Å². The molecule has 0 aliphatic rings. The maximum absolute atomic E-state index is 11.8. The molecule has 0 radical (unpaired) electrons. The zero-order valence-electron chi connectivity index (χ0n) is 11.7. The van der Waals surface area contributed by atoms with Gasteiger partial charge < -0.3 is 15.2 Å². The number of hydrogen-bond acceptors (Lipinski definition) is 3. The van der Waals surface area contributed by atoms with Gasteiger partial charge >= 0.3 is 0 Å². The molecule has 1 atom stereocenters. The van der Waals surface area contributed by atoms with Crippen molar-refractivity contribution in [3.05, 3.63) is 18.2 Å². The van der Waals surface area contributed by atoms with Gasteiger partial charge in [0.05, 0.1) is 12.0 Å². The van der Waals surface area contributed by atoms with Crippen molar-refractivity contribution < 1.29 is 4.79 Å². The normalized spacial score (nSPS) is 12.7. The molecule has 0 spiro atoms. The van der Waals surface area contributed by atoms with Crippen LogP contribution < -0.4 is 10.6 Å². The minimum Gasteiger partial charge on any atom is -0.355 e. The summed E-state index contributed by atoms with van der Waals surface area (Å²) in [5, 5.41) is 6.19. The quantitative estimate of drug-likeness (QED) is 0.769. The molecule has 0 fully saturated rings. The number of carbonyl (C=O) groups excluding carboxylic acids is 1. The molecule has 1 aromatic heterocycles. The Balaban J connectivity index is 2.61. The second-order valence-electron chi connectivity index (χ2n) is 4.89. The molecule has 0 aliphatic carbocycles. The Morgan fingerprint density at radius 3 is 2.78 bits per heavy atom. The van der Waals surface area contributed by atoms with Crippen molar-refractivity contribution in [3.63, 3.8) is 0 Å². The molecule has 0 bridgehead atoms. The molecule has 18 heavy (non-hydrogen) atoms. The third kappa shape index (κ3) is 4.14. The maximum Gasteiger partial charge on any atom is 0.242 e. The van der Waals surface area contributed by atoms with Crippen LogP contribution in [0.25, 0.3) is 0 Å². The van der Waals surface area contributed by atoms with Crippen LogP contribution in [0.2, 0.25) is 0 Å². The van der Waals surface area contributed by atoms with Crippen LogP contribution in [-0.2, 0) is 11.3 Å². The van der Waals surface area contributed by atoms with Crippen molar-refractivity contribution in [1.82, 2.24) is 20.2 Å². The zero-order chi connectivity index (χ0) is 13.5. The smallest absolute Gasteiger partial charge is 0.242 e. The van der Waals surface area contributed by atoms with Crippen molar-refractivity contribution >= 4 is 5.91 Å². The zero-order valence-corrected chi connectivity index (χ0v) is 11.7. The molecule has 102 valence electrons. The van der Waals surface area contributed by atoms with E-state index in [9.17, 15) is 4.79 Å². The van der Waals surface area contributed by atoms with Crippen molar-refractivity contribution in [1.29, 1.82) is 0 Å². The largest absolute Gasteiger partial charge is 0.355 e. The van der Waals surface area contributed by atoms with E-state index in [4.69, 9.17) is 0 Å². The van der Waals surface area contributed by atoms with Gasteiger partial charge in [0.15, 0.2) is 0 Å². The van der Waals surface area contributed by atoms with Gasteiger partial charge in [-0.25, -0.2) is 4.98 Å². The van der Waals surface area contributed by atoms with Crippen LogP contribution in [0, 0.1) is 5.92 Å². The summed E-state index contributed by atoms with van der Waals surface area (Å²) in [4.78, 5) is 15.9. The van der Waals surface area contributed by atoms with Crippen LogP contribution in [0.5, 0.6) is 0 Å². The predicted molar refractivity (Wildman–Crippen MR) is 72.2 cm³/mol. The molecule has 2 N–H and O–H groups in total. The molecular weight excluding hydrogens is 228 g/mol. The number of nitrogens with zero attached hydrogens (tertiary/aromatic N) is 2. The number of likely N-dealkylation sites (N-methyl/N-ethyl adjacent to an activating group) is 1. The van der Waals surface area contributed by atoms with E-state index in [0.29, 0.717) is 12.5 Å². The molecule has 0 saturated carbocycles. The number of carbonyl (C=O) groups is 1. The van der Waals surface area contributed by atoms with E-state index in [2.05, 4.69) is 29.5 Å². The van der Waals surface area contributed by atoms with Crippen LogP contribution >= 0.6 is 0 Å². The molecule has 0 aromatic carbocycles. The molecule has 5 nitrogen and oxygen atoms in total. The molecule has 1 aromatic rings. The molecular formula is C13H24N4O. The minimum atomic E-state index is -0.219. The first-order valence-electron chi connectivity index (χ1n) is 6.55. The van der Waals surface area contributed by atoms with Gasteiger partial charge in [-0.15, -0.1) is 0 Å². The lowest BCUT2D eigenvalue weighted by Gasteiger charge is -2.16. The highest BCUT2D eigenvalue weighted by Crippen LogP contribution is 2.10. The third-order valence-electron chi connectivity index (χ3n) is 2.75. The molecule has 1 unspecified atom stereocenters. The lowest BCUT2D eigenvalue weighted by atomic mass is 10.2. The Morgan fingerprint density at radius 2 is 2.17 bits per heavy atom. The van der Waals surface area contributed by atoms with Crippen molar-refractivity contribution in [3.8, 4) is 0 Å². The topological polar surface area (TPSA) is 59.0 Å². The molecule has 0 saturated heterocycles. The highest BCUT2D eigenvalue weighted by molar-refractivity contribution is 5.79. The fourth-order valence-corrected chi connectivity index (χ4v) is 1.75. The SMILES string of the molecule is CCNC(=O)C(C)n1cncc1CNCC(C)C. The Labute approximate surface area is 109 Å². The lowest BCUT2D eigenvalue weighted by molar-refractivity contribution is -0.123. The summed E-state index contributed by atoms with van der Waals surface area (Å²) in [6.07, 6.45) is 3.52. The third-order valence-corrected chi connectivity index (χ3v) is 2.75. The standard InChI is InChI=1S/C13H24N4O/c1-5-16-13(18)11(4)17-9-15-8-12(17)7-14-6-10(2)3/h8-11,14H,5-7H2,1-4H3,(H,16,18). The Hall–Kier alpha value is -1.36. The van der Waals surface area contributed by atoms with E-state index < -0.39 is 0 Å². The number of nitrogens with one attached hydrogen (secondary N) is 2. The highest BCUT2D eigenvalue weighted by atomic mass is 16.2. The van der Waals surface area contributed by atoms with Gasteiger partial charge in [0.25, 0.3) is 0 Å². The first-order valence-corrected chi connectivity index (χ1v) is 6.55. The number of imidazole rings is 1. The fraction of sp³-hybridized carbons (Fsp3) is 0.692. The first-order chi connectivity index (χ1) is 8.56. The number of amides is 1. The van der Waals surface area contributed by atoms with E-state index in [1.54, 1.807) is 6.33 Å². The van der Waals surface area contributed by atoms with E-state index in [0.717, 1.165) is 18.8 Å². The van der Waals surface area contributed by atoms with Gasteiger partial charge in [-0.3, -0.25) is 4.79 Å². The van der Waals surface area contributed by atoms with Gasteiger partial charge in [0, 0.05) is 19.3 Å². The monoisotopic (exact) mass is 252 g/mol. The van der Waals surface area contributed by atoms with Crippen LogP contribution in [0.15, 0.2) is 12.5 Å². The summed E-state index contributed by atoms with van der Waals surface area (Å²) in [5.74, 6) is 0.641. The minimum absolute atomic E-state index is 0.0283. The summed E-state index contributed by atoms with van der Waals surface area (Å²) in [5.41, 5.74) is 1.04. The fourth-order valence-electron chi connectivity index (χ4n) is 1.75. The van der Waals surface area contributed by atoms with Gasteiger partial charge in [-0.05, 0) is 26.3 Å². The first kappa shape index (κ1) is 14.7. The van der Waals surface area contributed by atoms with Crippen LogP contribution in [0.4, 0.5) is 0 Å². The molecule has 1 heterocycles. The highest BCUT2D eigenvalue weighted by Gasteiger charge is 2.16. The van der Waals surface area contributed by atoms with Crippen LogP contribution in [-0.4, -0.2) is 28.5 Å². The average molecular weight is 252 g/mol. The maximum atomic E-state index is 11.8. The van der Waals surface area contributed by atoms with Gasteiger partial charge in [0.1, 0.15) is 6.04 Å². The Morgan fingerprint density at radius 1 is 1.44 bits per heavy atom. The number of hydrogen-bond donors (Lipinski definition) is 2. The summed E-state index contributed by atoms with van der Waals surface area (Å²) < 4.78 is 1.92. The number of aromatic nitrogens is 2.